The zero-order chi connectivity index (χ0) is 21.4. The van der Waals surface area contributed by atoms with Crippen molar-refractivity contribution in [2.75, 3.05) is 6.61 Å². The summed E-state index contributed by atoms with van der Waals surface area (Å²) < 4.78 is 19.7. The number of nitrogens with two attached hydrogens (primary N) is 1. The highest BCUT2D eigenvalue weighted by atomic mass is 19.1. The molecule has 2 heterocycles. The van der Waals surface area contributed by atoms with Crippen molar-refractivity contribution in [1.82, 2.24) is 10.3 Å². The predicted molar refractivity (Wildman–Crippen MR) is 119 cm³/mol. The number of ether oxygens (including phenoxy) is 1. The van der Waals surface area contributed by atoms with Gasteiger partial charge in [0.25, 0.3) is 0 Å². The first kappa shape index (κ1) is 20.1. The zero-order valence-corrected chi connectivity index (χ0v) is 17.5. The normalized spacial score (nSPS) is 19.1. The largest absolute Gasteiger partial charge is 0.492 e. The molecule has 0 bridgehead atoms. The minimum atomic E-state index is -0.415. The van der Waals surface area contributed by atoms with E-state index >= 15 is 0 Å². The Labute approximate surface area is 181 Å². The first-order valence-corrected chi connectivity index (χ1v) is 11.1. The number of H-pyrrole nitrogens is 1. The smallest absolute Gasteiger partial charge is 0.249 e. The van der Waals surface area contributed by atoms with Crippen LogP contribution in [0.4, 0.5) is 4.39 Å². The summed E-state index contributed by atoms with van der Waals surface area (Å²) in [6, 6.07) is 10.9. The Hall–Kier alpha value is -2.86. The zero-order valence-electron chi connectivity index (χ0n) is 17.5. The van der Waals surface area contributed by atoms with Gasteiger partial charge in [-0.25, -0.2) is 4.39 Å². The number of carbonyl (C=O) groups excluding carboxylic acids is 1. The molecule has 1 aliphatic heterocycles. The highest BCUT2D eigenvalue weighted by molar-refractivity contribution is 5.95. The second-order valence-corrected chi connectivity index (χ2v) is 8.94. The molecule has 3 aromatic rings. The molecule has 31 heavy (non-hydrogen) atoms. The van der Waals surface area contributed by atoms with E-state index in [0.29, 0.717) is 18.2 Å². The molecule has 4 N–H and O–H groups in total. The minimum Gasteiger partial charge on any atom is -0.492 e. The number of fused-ring (bicyclic) bond motifs is 2. The van der Waals surface area contributed by atoms with E-state index in [1.165, 1.54) is 18.9 Å². The predicted octanol–water partition coefficient (Wildman–Crippen LogP) is 4.10. The van der Waals surface area contributed by atoms with Gasteiger partial charge in [0.2, 0.25) is 5.91 Å². The van der Waals surface area contributed by atoms with E-state index in [2.05, 4.69) is 10.3 Å². The van der Waals surface area contributed by atoms with Gasteiger partial charge < -0.3 is 20.8 Å². The topological polar surface area (TPSA) is 80.1 Å². The van der Waals surface area contributed by atoms with Crippen LogP contribution in [-0.4, -0.2) is 29.6 Å². The van der Waals surface area contributed by atoms with Crippen LogP contribution in [0.15, 0.2) is 42.6 Å². The number of amides is 1. The molecule has 1 saturated carbocycles. The van der Waals surface area contributed by atoms with Crippen LogP contribution in [0.3, 0.4) is 0 Å². The second kappa shape index (κ2) is 8.35. The Morgan fingerprint density at radius 2 is 2.16 bits per heavy atom. The van der Waals surface area contributed by atoms with Gasteiger partial charge in [-0.3, -0.25) is 4.79 Å². The lowest BCUT2D eigenvalue weighted by Crippen LogP contribution is -2.45. The summed E-state index contributed by atoms with van der Waals surface area (Å²) in [4.78, 5) is 15.1. The van der Waals surface area contributed by atoms with Crippen molar-refractivity contribution >= 4 is 16.8 Å². The number of aromatic nitrogens is 1. The third-order valence-electron chi connectivity index (χ3n) is 6.57. The molecular weight excluding hydrogens is 393 g/mol. The molecular formula is C25H28FN3O2. The fourth-order valence-corrected chi connectivity index (χ4v) is 4.79. The van der Waals surface area contributed by atoms with Crippen molar-refractivity contribution in [2.45, 2.75) is 50.6 Å². The van der Waals surface area contributed by atoms with E-state index < -0.39 is 5.91 Å². The number of hydrogen-bond donors (Lipinski definition) is 3. The van der Waals surface area contributed by atoms with Gasteiger partial charge in [-0.2, -0.15) is 0 Å². The fourth-order valence-electron chi connectivity index (χ4n) is 4.79. The number of carbonyl (C=O) groups is 1. The van der Waals surface area contributed by atoms with Crippen LogP contribution in [-0.2, 0) is 12.8 Å². The molecule has 0 saturated heterocycles. The van der Waals surface area contributed by atoms with E-state index in [0.717, 1.165) is 59.4 Å². The van der Waals surface area contributed by atoms with Crippen LogP contribution < -0.4 is 15.8 Å². The van der Waals surface area contributed by atoms with Crippen molar-refractivity contribution in [3.63, 3.8) is 0 Å². The maximum absolute atomic E-state index is 13.7. The van der Waals surface area contributed by atoms with Crippen molar-refractivity contribution in [1.29, 1.82) is 0 Å². The highest BCUT2D eigenvalue weighted by Crippen LogP contribution is 2.35. The number of rotatable bonds is 8. The first-order chi connectivity index (χ1) is 15.1. The molecule has 2 atom stereocenters. The Morgan fingerprint density at radius 1 is 1.29 bits per heavy atom. The molecule has 6 heteroatoms. The molecule has 5 rings (SSSR count). The quantitative estimate of drug-likeness (QED) is 0.512. The molecule has 0 spiro atoms. The third kappa shape index (κ3) is 4.44. The number of nitrogens with one attached hydrogen (secondary N) is 2. The lowest BCUT2D eigenvalue weighted by molar-refractivity contribution is 0.0997. The van der Waals surface area contributed by atoms with Crippen molar-refractivity contribution in [3.8, 4) is 5.75 Å². The Balaban J connectivity index is 1.28. The van der Waals surface area contributed by atoms with E-state index in [4.69, 9.17) is 10.5 Å². The average molecular weight is 422 g/mol. The maximum Gasteiger partial charge on any atom is 0.249 e. The fraction of sp³-hybridized carbons (Fsp3) is 0.400. The standard InChI is InChI=1S/C25H28FN3O2/c26-17-7-9-23-21(11-17)16(13-28-23)6-8-18(10-15-4-5-15)29-19-12-22-20(25(27)30)2-1-3-24(22)31-14-19/h1-3,7,9,11,13,15,18-19,28-29H,4-6,8,10,12,14H2,(H2,27,30). The number of primary amides is 1. The molecule has 1 aromatic heterocycles. The number of aromatic amines is 1. The third-order valence-corrected chi connectivity index (χ3v) is 6.57. The van der Waals surface area contributed by atoms with Gasteiger partial charge in [0.05, 0.1) is 0 Å². The van der Waals surface area contributed by atoms with E-state index in [-0.39, 0.29) is 11.9 Å². The summed E-state index contributed by atoms with van der Waals surface area (Å²) in [5, 5.41) is 4.76. The molecule has 2 aromatic carbocycles. The Kier molecular flexibility index (Phi) is 5.40. The summed E-state index contributed by atoms with van der Waals surface area (Å²) >= 11 is 0. The van der Waals surface area contributed by atoms with Crippen LogP contribution >= 0.6 is 0 Å². The van der Waals surface area contributed by atoms with Gasteiger partial charge in [0.1, 0.15) is 18.2 Å². The minimum absolute atomic E-state index is 0.136. The molecule has 1 aliphatic carbocycles. The van der Waals surface area contributed by atoms with E-state index in [1.807, 2.05) is 18.3 Å². The molecule has 1 amide bonds. The monoisotopic (exact) mass is 421 g/mol. The van der Waals surface area contributed by atoms with Gasteiger partial charge in [0.15, 0.2) is 0 Å². The van der Waals surface area contributed by atoms with E-state index in [9.17, 15) is 9.18 Å². The lowest BCUT2D eigenvalue weighted by atomic mass is 9.94. The molecule has 0 radical (unpaired) electrons. The lowest BCUT2D eigenvalue weighted by Gasteiger charge is -2.31. The SMILES string of the molecule is NC(=O)c1cccc2c1CC(NC(CCc1c[nH]c3ccc(F)cc13)CC1CC1)CO2. The second-order valence-electron chi connectivity index (χ2n) is 8.94. The van der Waals surface area contributed by atoms with Crippen LogP contribution in [0.1, 0.15) is 47.2 Å². The summed E-state index contributed by atoms with van der Waals surface area (Å²) in [6.45, 7) is 0.578. The summed E-state index contributed by atoms with van der Waals surface area (Å²) in [5.41, 5.74) is 9.14. The Morgan fingerprint density at radius 3 is 2.97 bits per heavy atom. The van der Waals surface area contributed by atoms with Crippen LogP contribution in [0.5, 0.6) is 5.75 Å². The van der Waals surface area contributed by atoms with Gasteiger partial charge in [-0.05, 0) is 67.5 Å². The van der Waals surface area contributed by atoms with Crippen molar-refractivity contribution in [2.24, 2.45) is 11.7 Å². The van der Waals surface area contributed by atoms with Crippen molar-refractivity contribution < 1.29 is 13.9 Å². The van der Waals surface area contributed by atoms with Gasteiger partial charge >= 0.3 is 0 Å². The summed E-state index contributed by atoms with van der Waals surface area (Å²) in [6.07, 6.45) is 8.31. The van der Waals surface area contributed by atoms with Gasteiger partial charge in [-0.15, -0.1) is 0 Å². The molecule has 2 aliphatic rings. The molecule has 5 nitrogen and oxygen atoms in total. The highest BCUT2D eigenvalue weighted by Gasteiger charge is 2.29. The molecule has 1 fully saturated rings. The van der Waals surface area contributed by atoms with Crippen LogP contribution in [0, 0.1) is 11.7 Å². The number of benzene rings is 2. The summed E-state index contributed by atoms with van der Waals surface area (Å²) in [5.74, 6) is 0.927. The van der Waals surface area contributed by atoms with Crippen molar-refractivity contribution in [3.05, 3.63) is 65.1 Å². The van der Waals surface area contributed by atoms with E-state index in [1.54, 1.807) is 18.2 Å². The molecule has 2 unspecified atom stereocenters. The first-order valence-electron chi connectivity index (χ1n) is 11.1. The number of halogens is 1. The number of aryl methyl sites for hydroxylation is 1. The van der Waals surface area contributed by atoms with Gasteiger partial charge in [0, 0.05) is 40.3 Å². The summed E-state index contributed by atoms with van der Waals surface area (Å²) in [7, 11) is 0. The van der Waals surface area contributed by atoms with Crippen LogP contribution in [0.2, 0.25) is 0 Å². The molecule has 162 valence electrons. The maximum atomic E-state index is 13.7. The van der Waals surface area contributed by atoms with Gasteiger partial charge in [-0.1, -0.05) is 18.9 Å². The van der Waals surface area contributed by atoms with Crippen LogP contribution in [0.25, 0.3) is 10.9 Å². The Bertz CT molecular complexity index is 1110. The number of hydrogen-bond acceptors (Lipinski definition) is 3. The average Bonchev–Trinajstić information content (AvgIpc) is 3.49.